The highest BCUT2D eigenvalue weighted by atomic mass is 32.2. The standard InChI is InChI=1S/C27H26N2O5S2/c1-18(20-6-4-3-5-7-20)29-36(32,33)23-12-8-19(9-13-23)10-15-26(30)28-22-11-14-24-21(16-22)17-25(35-24)27(31)34-2/h3-9,11-14,16-18,29H,10,15H2,1-2H3,(H,28,30)/t18-/m0/s1. The number of nitrogens with one attached hydrogen (secondary N) is 2. The number of esters is 1. The molecule has 3 aromatic carbocycles. The first-order valence-corrected chi connectivity index (χ1v) is 13.6. The van der Waals surface area contributed by atoms with Crippen molar-refractivity contribution < 1.29 is 22.7 Å². The minimum absolute atomic E-state index is 0.159. The fourth-order valence-corrected chi connectivity index (χ4v) is 5.94. The first kappa shape index (κ1) is 25.6. The summed E-state index contributed by atoms with van der Waals surface area (Å²) in [6.45, 7) is 1.80. The SMILES string of the molecule is COC(=O)c1cc2cc(NC(=O)CCc3ccc(S(=O)(=O)N[C@@H](C)c4ccccc4)cc3)ccc2s1. The maximum atomic E-state index is 12.7. The van der Waals surface area contributed by atoms with E-state index in [1.165, 1.54) is 18.4 Å². The van der Waals surface area contributed by atoms with Crippen LogP contribution in [0.4, 0.5) is 5.69 Å². The maximum absolute atomic E-state index is 12.7. The predicted molar refractivity (Wildman–Crippen MR) is 142 cm³/mol. The van der Waals surface area contributed by atoms with Crippen LogP contribution >= 0.6 is 11.3 Å². The number of carbonyl (C=O) groups is 2. The number of benzene rings is 3. The van der Waals surface area contributed by atoms with E-state index in [4.69, 9.17) is 4.74 Å². The Kier molecular flexibility index (Phi) is 7.83. The maximum Gasteiger partial charge on any atom is 0.348 e. The van der Waals surface area contributed by atoms with E-state index in [0.29, 0.717) is 17.0 Å². The van der Waals surface area contributed by atoms with Gasteiger partial charge in [-0.05, 0) is 66.3 Å². The molecule has 1 aromatic heterocycles. The third-order valence-electron chi connectivity index (χ3n) is 5.69. The highest BCUT2D eigenvalue weighted by Gasteiger charge is 2.18. The third-order valence-corrected chi connectivity index (χ3v) is 8.35. The van der Waals surface area contributed by atoms with Gasteiger partial charge in [0.15, 0.2) is 0 Å². The average molecular weight is 523 g/mol. The van der Waals surface area contributed by atoms with Gasteiger partial charge in [-0.3, -0.25) is 4.79 Å². The van der Waals surface area contributed by atoms with E-state index >= 15 is 0 Å². The fraction of sp³-hybridized carbons (Fsp3) is 0.185. The highest BCUT2D eigenvalue weighted by molar-refractivity contribution is 7.89. The summed E-state index contributed by atoms with van der Waals surface area (Å²) in [4.78, 5) is 24.9. The van der Waals surface area contributed by atoms with Crippen molar-refractivity contribution in [1.29, 1.82) is 0 Å². The van der Waals surface area contributed by atoms with Crippen molar-refractivity contribution in [1.82, 2.24) is 4.72 Å². The van der Waals surface area contributed by atoms with E-state index in [1.54, 1.807) is 43.3 Å². The first-order valence-electron chi connectivity index (χ1n) is 11.3. The number of sulfonamides is 1. The van der Waals surface area contributed by atoms with Gasteiger partial charge in [-0.25, -0.2) is 17.9 Å². The smallest absolute Gasteiger partial charge is 0.348 e. The molecule has 0 saturated carbocycles. The van der Waals surface area contributed by atoms with Crippen LogP contribution in [0.1, 0.15) is 40.2 Å². The summed E-state index contributed by atoms with van der Waals surface area (Å²) in [7, 11) is -2.34. The van der Waals surface area contributed by atoms with Crippen LogP contribution in [0.3, 0.4) is 0 Å². The number of carbonyl (C=O) groups excluding carboxylic acids is 2. The molecule has 1 heterocycles. The van der Waals surface area contributed by atoms with E-state index in [0.717, 1.165) is 21.2 Å². The Morgan fingerprint density at radius 3 is 2.39 bits per heavy atom. The first-order chi connectivity index (χ1) is 17.2. The fourth-order valence-electron chi connectivity index (χ4n) is 3.75. The Morgan fingerprint density at radius 2 is 1.69 bits per heavy atom. The van der Waals surface area contributed by atoms with Crippen LogP contribution in [0, 0.1) is 0 Å². The van der Waals surface area contributed by atoms with Gasteiger partial charge in [0.25, 0.3) is 0 Å². The second-order valence-electron chi connectivity index (χ2n) is 8.30. The molecule has 36 heavy (non-hydrogen) atoms. The Hall–Kier alpha value is -3.53. The lowest BCUT2D eigenvalue weighted by atomic mass is 10.1. The second kappa shape index (κ2) is 11.0. The number of thiophene rings is 1. The molecule has 186 valence electrons. The quantitative estimate of drug-likeness (QED) is 0.291. The molecule has 2 N–H and O–H groups in total. The molecule has 1 amide bonds. The molecule has 0 aliphatic carbocycles. The lowest BCUT2D eigenvalue weighted by molar-refractivity contribution is -0.116. The molecule has 7 nitrogen and oxygen atoms in total. The lowest BCUT2D eigenvalue weighted by Crippen LogP contribution is -2.26. The predicted octanol–water partition coefficient (Wildman–Crippen LogP) is 5.30. The summed E-state index contributed by atoms with van der Waals surface area (Å²) in [5.74, 6) is -0.546. The number of hydrogen-bond acceptors (Lipinski definition) is 6. The van der Waals surface area contributed by atoms with Gasteiger partial charge in [0, 0.05) is 22.8 Å². The largest absolute Gasteiger partial charge is 0.465 e. The van der Waals surface area contributed by atoms with Crippen LogP contribution in [-0.4, -0.2) is 27.4 Å². The number of rotatable bonds is 9. The van der Waals surface area contributed by atoms with Crippen molar-refractivity contribution in [3.63, 3.8) is 0 Å². The van der Waals surface area contributed by atoms with Gasteiger partial charge in [0.05, 0.1) is 12.0 Å². The van der Waals surface area contributed by atoms with Gasteiger partial charge < -0.3 is 10.1 Å². The van der Waals surface area contributed by atoms with Crippen LogP contribution in [0.25, 0.3) is 10.1 Å². The van der Waals surface area contributed by atoms with Crippen molar-refractivity contribution >= 4 is 49.0 Å². The number of ether oxygens (including phenoxy) is 1. The van der Waals surface area contributed by atoms with Crippen molar-refractivity contribution in [3.8, 4) is 0 Å². The molecule has 0 spiro atoms. The van der Waals surface area contributed by atoms with Crippen molar-refractivity contribution in [2.75, 3.05) is 12.4 Å². The van der Waals surface area contributed by atoms with E-state index in [2.05, 4.69) is 10.0 Å². The normalized spacial score (nSPS) is 12.3. The number of amides is 1. The molecule has 0 aliphatic heterocycles. The Bertz CT molecular complexity index is 1480. The van der Waals surface area contributed by atoms with Crippen molar-refractivity contribution in [2.45, 2.75) is 30.7 Å². The minimum Gasteiger partial charge on any atom is -0.465 e. The van der Waals surface area contributed by atoms with Crippen LogP contribution < -0.4 is 10.0 Å². The van der Waals surface area contributed by atoms with E-state index in [1.807, 2.05) is 42.5 Å². The van der Waals surface area contributed by atoms with E-state index in [-0.39, 0.29) is 29.2 Å². The highest BCUT2D eigenvalue weighted by Crippen LogP contribution is 2.28. The number of fused-ring (bicyclic) bond motifs is 1. The van der Waals surface area contributed by atoms with E-state index in [9.17, 15) is 18.0 Å². The number of methoxy groups -OCH3 is 1. The molecular formula is C27H26N2O5S2. The average Bonchev–Trinajstić information content (AvgIpc) is 3.31. The summed E-state index contributed by atoms with van der Waals surface area (Å²) in [5.41, 5.74) is 2.38. The number of hydrogen-bond donors (Lipinski definition) is 2. The zero-order valence-electron chi connectivity index (χ0n) is 19.9. The number of anilines is 1. The van der Waals surface area contributed by atoms with Gasteiger partial charge in [-0.1, -0.05) is 42.5 Å². The van der Waals surface area contributed by atoms with Gasteiger partial charge in [-0.2, -0.15) is 0 Å². The molecular weight excluding hydrogens is 496 g/mol. The molecule has 0 aliphatic rings. The van der Waals surface area contributed by atoms with Crippen molar-refractivity contribution in [3.05, 3.63) is 94.9 Å². The monoisotopic (exact) mass is 522 g/mol. The molecule has 0 fully saturated rings. The minimum atomic E-state index is -3.68. The zero-order valence-corrected chi connectivity index (χ0v) is 21.5. The summed E-state index contributed by atoms with van der Waals surface area (Å²) in [5, 5.41) is 3.73. The Morgan fingerprint density at radius 1 is 0.972 bits per heavy atom. The summed E-state index contributed by atoms with van der Waals surface area (Å²) in [6, 6.07) is 22.8. The molecule has 9 heteroatoms. The summed E-state index contributed by atoms with van der Waals surface area (Å²) < 4.78 is 33.9. The summed E-state index contributed by atoms with van der Waals surface area (Å²) in [6.07, 6.45) is 0.706. The zero-order chi connectivity index (χ0) is 25.7. The van der Waals surface area contributed by atoms with E-state index < -0.39 is 10.0 Å². The lowest BCUT2D eigenvalue weighted by Gasteiger charge is -2.15. The molecule has 0 radical (unpaired) electrons. The topological polar surface area (TPSA) is 102 Å². The van der Waals surface area contributed by atoms with Gasteiger partial charge >= 0.3 is 5.97 Å². The van der Waals surface area contributed by atoms with Crippen LogP contribution in [0.15, 0.2) is 83.8 Å². The van der Waals surface area contributed by atoms with Crippen molar-refractivity contribution in [2.24, 2.45) is 0 Å². The third kappa shape index (κ3) is 6.17. The number of aryl methyl sites for hydroxylation is 1. The molecule has 0 bridgehead atoms. The summed E-state index contributed by atoms with van der Waals surface area (Å²) >= 11 is 1.34. The van der Waals surface area contributed by atoms with Gasteiger partial charge in [0.2, 0.25) is 15.9 Å². The van der Waals surface area contributed by atoms with Crippen LogP contribution in [0.2, 0.25) is 0 Å². The second-order valence-corrected chi connectivity index (χ2v) is 11.1. The Labute approximate surface area is 214 Å². The Balaban J connectivity index is 1.33. The van der Waals surface area contributed by atoms with Gasteiger partial charge in [0.1, 0.15) is 4.88 Å². The molecule has 1 atom stereocenters. The molecule has 0 saturated heterocycles. The van der Waals surface area contributed by atoms with Gasteiger partial charge in [-0.15, -0.1) is 11.3 Å². The molecule has 4 aromatic rings. The molecule has 4 rings (SSSR count). The van der Waals surface area contributed by atoms with Crippen LogP contribution in [-0.2, 0) is 26.0 Å². The van der Waals surface area contributed by atoms with Crippen LogP contribution in [0.5, 0.6) is 0 Å². The molecule has 0 unspecified atom stereocenters.